The molecule has 0 aliphatic heterocycles. The van der Waals surface area contributed by atoms with Crippen LogP contribution in [0.1, 0.15) is 26.6 Å². The zero-order valence-electron chi connectivity index (χ0n) is 11.4. The second-order valence-electron chi connectivity index (χ2n) is 5.09. The Kier molecular flexibility index (Phi) is 4.11. The van der Waals surface area contributed by atoms with Crippen molar-refractivity contribution in [3.63, 3.8) is 0 Å². The number of aryl methyl sites for hydroxylation is 1. The molecule has 1 heterocycles. The summed E-state index contributed by atoms with van der Waals surface area (Å²) in [7, 11) is 0. The molecule has 6 nitrogen and oxygen atoms in total. The fraction of sp³-hybridized carbons (Fsp3) is 0.583. The second-order valence-corrected chi connectivity index (χ2v) is 5.09. The summed E-state index contributed by atoms with van der Waals surface area (Å²) in [6.07, 6.45) is 1.59. The molecule has 100 valence electrons. The average molecular weight is 252 g/mol. The number of aromatic nitrogens is 3. The van der Waals surface area contributed by atoms with Gasteiger partial charge in [0, 0.05) is 6.54 Å². The van der Waals surface area contributed by atoms with Gasteiger partial charge in [0.05, 0.1) is 5.54 Å². The number of nitrogens with zero attached hydrogens (tertiary/aromatic N) is 3. The van der Waals surface area contributed by atoms with Gasteiger partial charge in [-0.25, -0.2) is 9.48 Å². The third kappa shape index (κ3) is 3.09. The minimum Gasteiger partial charge on any atom is -0.351 e. The molecule has 0 saturated heterocycles. The van der Waals surface area contributed by atoms with Gasteiger partial charge < -0.3 is 5.32 Å². The lowest BCUT2D eigenvalue weighted by Gasteiger charge is -2.16. The molecule has 0 aliphatic carbocycles. The SMILES string of the molecule is C=CCNC(=O)Cn1c(C)nn(C(C)(C)C)c1=O. The van der Waals surface area contributed by atoms with E-state index in [2.05, 4.69) is 17.0 Å². The van der Waals surface area contributed by atoms with Crippen molar-refractivity contribution in [2.75, 3.05) is 6.54 Å². The molecule has 0 aromatic carbocycles. The van der Waals surface area contributed by atoms with Crippen LogP contribution < -0.4 is 11.0 Å². The predicted octanol–water partition coefficient (Wildman–Crippen LogP) is 0.410. The van der Waals surface area contributed by atoms with Crippen LogP contribution in [0, 0.1) is 6.92 Å². The lowest BCUT2D eigenvalue weighted by atomic mass is 10.1. The molecule has 0 spiro atoms. The summed E-state index contributed by atoms with van der Waals surface area (Å²) in [5.74, 6) is 0.303. The van der Waals surface area contributed by atoms with E-state index in [-0.39, 0.29) is 18.1 Å². The highest BCUT2D eigenvalue weighted by molar-refractivity contribution is 5.75. The molecule has 6 heteroatoms. The Hall–Kier alpha value is -1.85. The molecule has 1 aromatic rings. The quantitative estimate of drug-likeness (QED) is 0.789. The van der Waals surface area contributed by atoms with Gasteiger partial charge in [-0.05, 0) is 27.7 Å². The van der Waals surface area contributed by atoms with Crippen LogP contribution in [0.2, 0.25) is 0 Å². The van der Waals surface area contributed by atoms with E-state index in [0.29, 0.717) is 12.4 Å². The van der Waals surface area contributed by atoms with Gasteiger partial charge in [-0.3, -0.25) is 9.36 Å². The van der Waals surface area contributed by atoms with Gasteiger partial charge in [-0.1, -0.05) is 6.08 Å². The maximum absolute atomic E-state index is 12.1. The van der Waals surface area contributed by atoms with E-state index >= 15 is 0 Å². The summed E-state index contributed by atoms with van der Waals surface area (Å²) in [4.78, 5) is 23.7. The molecule has 1 aromatic heterocycles. The van der Waals surface area contributed by atoms with Crippen molar-refractivity contribution in [1.82, 2.24) is 19.7 Å². The van der Waals surface area contributed by atoms with Crippen LogP contribution in [-0.2, 0) is 16.9 Å². The summed E-state index contributed by atoms with van der Waals surface area (Å²) in [6, 6.07) is 0. The molecule has 0 atom stereocenters. The topological polar surface area (TPSA) is 68.9 Å². The first-order valence-corrected chi connectivity index (χ1v) is 5.82. The van der Waals surface area contributed by atoms with Gasteiger partial charge in [0.15, 0.2) is 0 Å². The first-order chi connectivity index (χ1) is 8.27. The summed E-state index contributed by atoms with van der Waals surface area (Å²) < 4.78 is 2.76. The molecule has 0 bridgehead atoms. The van der Waals surface area contributed by atoms with Crippen molar-refractivity contribution >= 4 is 5.91 Å². The number of amides is 1. The lowest BCUT2D eigenvalue weighted by Crippen LogP contribution is -2.38. The molecule has 0 radical (unpaired) electrons. The molecule has 1 rings (SSSR count). The first kappa shape index (κ1) is 14.2. The maximum Gasteiger partial charge on any atom is 0.346 e. The number of nitrogens with one attached hydrogen (secondary N) is 1. The molecule has 0 saturated carbocycles. The van der Waals surface area contributed by atoms with Gasteiger partial charge >= 0.3 is 5.69 Å². The van der Waals surface area contributed by atoms with Crippen molar-refractivity contribution in [1.29, 1.82) is 0 Å². The van der Waals surface area contributed by atoms with Crippen LogP contribution in [-0.4, -0.2) is 26.8 Å². The Labute approximate surface area is 106 Å². The summed E-state index contributed by atoms with van der Waals surface area (Å²) in [6.45, 7) is 11.3. The van der Waals surface area contributed by atoms with Crippen molar-refractivity contribution < 1.29 is 4.79 Å². The molecule has 0 unspecified atom stereocenters. The molecular weight excluding hydrogens is 232 g/mol. The van der Waals surface area contributed by atoms with Gasteiger partial charge in [0.25, 0.3) is 0 Å². The Bertz CT molecular complexity index is 505. The standard InChI is InChI=1S/C12H20N4O2/c1-6-7-13-10(17)8-15-9(2)14-16(11(15)18)12(3,4)5/h6H,1,7-8H2,2-5H3,(H,13,17). The van der Waals surface area contributed by atoms with E-state index in [1.54, 1.807) is 13.0 Å². The Morgan fingerprint density at radius 2 is 2.11 bits per heavy atom. The zero-order chi connectivity index (χ0) is 13.9. The second kappa shape index (κ2) is 5.20. The average Bonchev–Trinajstić information content (AvgIpc) is 2.53. The Balaban J connectivity index is 2.98. The van der Waals surface area contributed by atoms with E-state index in [1.165, 1.54) is 9.25 Å². The van der Waals surface area contributed by atoms with Crippen molar-refractivity contribution in [3.05, 3.63) is 29.0 Å². The summed E-state index contributed by atoms with van der Waals surface area (Å²) >= 11 is 0. The van der Waals surface area contributed by atoms with Crippen LogP contribution in [0.4, 0.5) is 0 Å². The fourth-order valence-electron chi connectivity index (χ4n) is 1.50. The Morgan fingerprint density at radius 1 is 1.50 bits per heavy atom. The van der Waals surface area contributed by atoms with Crippen molar-refractivity contribution in [2.24, 2.45) is 0 Å². The highest BCUT2D eigenvalue weighted by Crippen LogP contribution is 2.09. The molecule has 1 amide bonds. The predicted molar refractivity (Wildman–Crippen MR) is 69.4 cm³/mol. The highest BCUT2D eigenvalue weighted by Gasteiger charge is 2.21. The largest absolute Gasteiger partial charge is 0.351 e. The van der Waals surface area contributed by atoms with E-state index < -0.39 is 5.54 Å². The molecule has 0 fully saturated rings. The third-order valence-electron chi connectivity index (χ3n) is 2.43. The van der Waals surface area contributed by atoms with Gasteiger partial charge in [0.2, 0.25) is 5.91 Å². The van der Waals surface area contributed by atoms with Crippen LogP contribution in [0.3, 0.4) is 0 Å². The smallest absolute Gasteiger partial charge is 0.346 e. The lowest BCUT2D eigenvalue weighted by molar-refractivity contribution is -0.121. The number of rotatable bonds is 4. The van der Waals surface area contributed by atoms with E-state index in [1.807, 2.05) is 20.8 Å². The van der Waals surface area contributed by atoms with Crippen molar-refractivity contribution in [3.8, 4) is 0 Å². The van der Waals surface area contributed by atoms with Gasteiger partial charge in [0.1, 0.15) is 12.4 Å². The van der Waals surface area contributed by atoms with E-state index in [9.17, 15) is 9.59 Å². The minimum atomic E-state index is -0.398. The van der Waals surface area contributed by atoms with E-state index in [0.717, 1.165) is 0 Å². The monoisotopic (exact) mass is 252 g/mol. The number of hydrogen-bond acceptors (Lipinski definition) is 3. The van der Waals surface area contributed by atoms with Crippen molar-refractivity contribution in [2.45, 2.75) is 39.8 Å². The number of carbonyl (C=O) groups is 1. The van der Waals surface area contributed by atoms with Crippen LogP contribution in [0.5, 0.6) is 0 Å². The maximum atomic E-state index is 12.1. The normalized spacial score (nSPS) is 11.3. The third-order valence-corrected chi connectivity index (χ3v) is 2.43. The first-order valence-electron chi connectivity index (χ1n) is 5.82. The fourth-order valence-corrected chi connectivity index (χ4v) is 1.50. The van der Waals surface area contributed by atoms with E-state index in [4.69, 9.17) is 0 Å². The number of carbonyl (C=O) groups excluding carboxylic acids is 1. The van der Waals surface area contributed by atoms with Crippen LogP contribution in [0.25, 0.3) is 0 Å². The highest BCUT2D eigenvalue weighted by atomic mass is 16.2. The van der Waals surface area contributed by atoms with Crippen LogP contribution in [0.15, 0.2) is 17.4 Å². The molecule has 1 N–H and O–H groups in total. The van der Waals surface area contributed by atoms with Gasteiger partial charge in [-0.15, -0.1) is 6.58 Å². The Morgan fingerprint density at radius 3 is 2.56 bits per heavy atom. The summed E-state index contributed by atoms with van der Waals surface area (Å²) in [5, 5.41) is 6.81. The van der Waals surface area contributed by atoms with Crippen LogP contribution >= 0.6 is 0 Å². The molecule has 0 aliphatic rings. The zero-order valence-corrected chi connectivity index (χ0v) is 11.4. The molecule has 18 heavy (non-hydrogen) atoms. The number of hydrogen-bond donors (Lipinski definition) is 1. The molecular formula is C12H20N4O2. The van der Waals surface area contributed by atoms with Gasteiger partial charge in [-0.2, -0.15) is 5.10 Å². The minimum absolute atomic E-state index is 0.0193. The summed E-state index contributed by atoms with van der Waals surface area (Å²) in [5.41, 5.74) is -0.668.